The van der Waals surface area contributed by atoms with Gasteiger partial charge >= 0.3 is 12.1 Å². The van der Waals surface area contributed by atoms with E-state index in [1.165, 1.54) is 4.90 Å². The second kappa shape index (κ2) is 4.40. The average molecular weight is 320 g/mol. The van der Waals surface area contributed by atoms with E-state index in [1.54, 1.807) is 0 Å². The molecule has 1 saturated heterocycles. The minimum atomic E-state index is -0.556. The van der Waals surface area contributed by atoms with E-state index in [4.69, 9.17) is 4.74 Å². The molecule has 0 unspecified atom stereocenters. The van der Waals surface area contributed by atoms with Gasteiger partial charge in [-0.1, -0.05) is 0 Å². The van der Waals surface area contributed by atoms with Gasteiger partial charge in [0.15, 0.2) is 16.3 Å². The molecule has 1 heterocycles. The van der Waals surface area contributed by atoms with E-state index in [1.807, 2.05) is 20.8 Å². The van der Waals surface area contributed by atoms with Crippen molar-refractivity contribution in [3.05, 3.63) is 0 Å². The first-order valence-corrected chi connectivity index (χ1v) is 6.73. The molecule has 0 aromatic heterocycles. The summed E-state index contributed by atoms with van der Waals surface area (Å²) in [5.74, 6) is -0.426. The van der Waals surface area contributed by atoms with Crippen molar-refractivity contribution in [2.45, 2.75) is 51.7 Å². The fourth-order valence-corrected chi connectivity index (χ4v) is 2.59. The Morgan fingerprint density at radius 2 is 1.94 bits per heavy atom. The van der Waals surface area contributed by atoms with E-state index < -0.39 is 23.7 Å². The lowest BCUT2D eigenvalue weighted by molar-refractivity contribution is -0.137. The summed E-state index contributed by atoms with van der Waals surface area (Å²) in [5, 5.41) is 0. The van der Waals surface area contributed by atoms with Gasteiger partial charge in [-0.15, -0.1) is 0 Å². The number of likely N-dealkylation sites (tertiary alicyclic amines) is 1. The molecule has 0 N–H and O–H groups in total. The highest BCUT2D eigenvalue weighted by molar-refractivity contribution is 9.06. The number of halogens is 1. The molecule has 2 rings (SSSR count). The van der Waals surface area contributed by atoms with Crippen LogP contribution in [0, 0.1) is 5.41 Å². The smallest absolute Gasteiger partial charge is 0.411 e. The molecule has 0 radical (unpaired) electrons. The van der Waals surface area contributed by atoms with Crippen LogP contribution in [0.15, 0.2) is 0 Å². The maximum atomic E-state index is 12.1. The van der Waals surface area contributed by atoms with Gasteiger partial charge in [0.2, 0.25) is 0 Å². The number of nitrogens with zero attached hydrogens (tertiary/aromatic N) is 1. The van der Waals surface area contributed by atoms with E-state index in [0.717, 1.165) is 12.8 Å². The Morgan fingerprint density at radius 1 is 1.33 bits per heavy atom. The predicted molar refractivity (Wildman–Crippen MR) is 68.0 cm³/mol. The molecule has 1 atom stereocenters. The highest BCUT2D eigenvalue weighted by Gasteiger charge is 2.56. The number of hydrogen-bond acceptors (Lipinski definition) is 4. The van der Waals surface area contributed by atoms with Crippen LogP contribution in [-0.2, 0) is 13.4 Å². The number of amides is 1. The van der Waals surface area contributed by atoms with E-state index in [2.05, 4.69) is 20.1 Å². The molecule has 6 heteroatoms. The third kappa shape index (κ3) is 2.79. The summed E-state index contributed by atoms with van der Waals surface area (Å²) in [6.45, 7) is 6.03. The molecule has 2 aliphatic rings. The van der Waals surface area contributed by atoms with Crippen molar-refractivity contribution in [2.24, 2.45) is 5.41 Å². The first-order chi connectivity index (χ1) is 8.26. The second-order valence-electron chi connectivity index (χ2n) is 6.22. The van der Waals surface area contributed by atoms with Gasteiger partial charge in [-0.2, -0.15) is 0 Å². The van der Waals surface area contributed by atoms with Crippen molar-refractivity contribution < 1.29 is 18.2 Å². The van der Waals surface area contributed by atoms with Gasteiger partial charge < -0.3 is 8.57 Å². The zero-order valence-corrected chi connectivity index (χ0v) is 12.4. The molecule has 5 nitrogen and oxygen atoms in total. The Hall–Kier alpha value is -0.780. The van der Waals surface area contributed by atoms with Crippen LogP contribution in [0.3, 0.4) is 0 Å². The maximum Gasteiger partial charge on any atom is 0.411 e. The molecule has 102 valence electrons. The van der Waals surface area contributed by atoms with Crippen LogP contribution in [0.1, 0.15) is 40.0 Å². The van der Waals surface area contributed by atoms with Gasteiger partial charge in [0.25, 0.3) is 0 Å². The summed E-state index contributed by atoms with van der Waals surface area (Å²) in [6, 6.07) is -0.526. The third-order valence-electron chi connectivity index (χ3n) is 3.44. The summed E-state index contributed by atoms with van der Waals surface area (Å²) in [7, 11) is 0. The summed E-state index contributed by atoms with van der Waals surface area (Å²) in [6.07, 6.45) is 2.38. The predicted octanol–water partition coefficient (Wildman–Crippen LogP) is 2.63. The van der Waals surface area contributed by atoms with Crippen molar-refractivity contribution in [1.29, 1.82) is 0 Å². The number of carbonyl (C=O) groups excluding carboxylic acids is 2. The lowest BCUT2D eigenvalue weighted by atomic mass is 10.0. The number of rotatable bonds is 1. The van der Waals surface area contributed by atoms with Crippen LogP contribution in [0.25, 0.3) is 0 Å². The zero-order valence-electron chi connectivity index (χ0n) is 10.9. The van der Waals surface area contributed by atoms with Crippen molar-refractivity contribution in [3.63, 3.8) is 0 Å². The summed E-state index contributed by atoms with van der Waals surface area (Å²) in [5.41, 5.74) is -0.429. The highest BCUT2D eigenvalue weighted by Crippen LogP contribution is 2.55. The lowest BCUT2D eigenvalue weighted by Crippen LogP contribution is -2.43. The van der Waals surface area contributed by atoms with Crippen molar-refractivity contribution in [2.75, 3.05) is 6.54 Å². The summed E-state index contributed by atoms with van der Waals surface area (Å²) in [4.78, 5) is 25.3. The van der Waals surface area contributed by atoms with Gasteiger partial charge in [-0.25, -0.2) is 9.59 Å². The van der Waals surface area contributed by atoms with Crippen LogP contribution in [0.4, 0.5) is 4.79 Å². The first kappa shape index (κ1) is 13.6. The van der Waals surface area contributed by atoms with Crippen molar-refractivity contribution >= 4 is 28.3 Å². The standard InChI is InChI=1S/C12H18BrNO4/c1-11(2,3)17-10(16)14-7-12(4-5-12)6-8(14)9(15)18-13/h8H,4-7H2,1-3H3/t8-/m0/s1. The molecule has 18 heavy (non-hydrogen) atoms. The third-order valence-corrected chi connectivity index (χ3v) is 3.76. The van der Waals surface area contributed by atoms with Crippen LogP contribution in [0.2, 0.25) is 0 Å². The Labute approximate surface area is 115 Å². The average Bonchev–Trinajstić information content (AvgIpc) is 2.86. The summed E-state index contributed by atoms with van der Waals surface area (Å²) >= 11 is 2.69. The van der Waals surface area contributed by atoms with E-state index in [0.29, 0.717) is 13.0 Å². The van der Waals surface area contributed by atoms with Gasteiger partial charge in [-0.3, -0.25) is 4.90 Å². The second-order valence-corrected chi connectivity index (χ2v) is 6.55. The van der Waals surface area contributed by atoms with E-state index >= 15 is 0 Å². The topological polar surface area (TPSA) is 55.8 Å². The molecule has 1 saturated carbocycles. The van der Waals surface area contributed by atoms with Crippen LogP contribution >= 0.6 is 16.3 Å². The molecule has 1 amide bonds. The normalized spacial score (nSPS) is 25.1. The Bertz CT molecular complexity index is 373. The molecular weight excluding hydrogens is 302 g/mol. The Balaban J connectivity index is 2.09. The SMILES string of the molecule is CC(C)(C)OC(=O)N1CC2(CC2)C[C@H]1C(=O)OBr. The molecule has 2 fully saturated rings. The van der Waals surface area contributed by atoms with Gasteiger partial charge in [-0.05, 0) is 45.4 Å². The monoisotopic (exact) mass is 319 g/mol. The van der Waals surface area contributed by atoms with Crippen LogP contribution < -0.4 is 0 Å². The van der Waals surface area contributed by atoms with Gasteiger partial charge in [0.05, 0.1) is 0 Å². The quantitative estimate of drug-likeness (QED) is 0.745. The highest BCUT2D eigenvalue weighted by atomic mass is 79.9. The number of ether oxygens (including phenoxy) is 1. The summed E-state index contributed by atoms with van der Waals surface area (Å²) < 4.78 is 9.92. The molecule has 1 aliphatic heterocycles. The van der Waals surface area contributed by atoms with Gasteiger partial charge in [0.1, 0.15) is 11.6 Å². The first-order valence-electron chi connectivity index (χ1n) is 6.08. The Kier molecular flexibility index (Phi) is 3.34. The molecule has 0 aromatic rings. The van der Waals surface area contributed by atoms with E-state index in [9.17, 15) is 9.59 Å². The van der Waals surface area contributed by atoms with Crippen molar-refractivity contribution in [3.8, 4) is 0 Å². The molecular formula is C12H18BrNO4. The molecule has 1 aliphatic carbocycles. The van der Waals surface area contributed by atoms with Crippen molar-refractivity contribution in [1.82, 2.24) is 4.90 Å². The molecule has 0 aromatic carbocycles. The van der Waals surface area contributed by atoms with Crippen LogP contribution in [-0.4, -0.2) is 35.2 Å². The molecule has 1 spiro atoms. The fraction of sp³-hybridized carbons (Fsp3) is 0.833. The Morgan fingerprint density at radius 3 is 2.39 bits per heavy atom. The van der Waals surface area contributed by atoms with E-state index in [-0.39, 0.29) is 5.41 Å². The maximum absolute atomic E-state index is 12.1. The fourth-order valence-electron chi connectivity index (χ4n) is 2.37. The largest absolute Gasteiger partial charge is 0.444 e. The number of hydrogen-bond donors (Lipinski definition) is 0. The minimum Gasteiger partial charge on any atom is -0.444 e. The van der Waals surface area contributed by atoms with Gasteiger partial charge in [0, 0.05) is 6.54 Å². The number of carbonyl (C=O) groups is 2. The lowest BCUT2D eigenvalue weighted by Gasteiger charge is -2.27. The minimum absolute atomic E-state index is 0.128. The molecule has 0 bridgehead atoms. The zero-order chi connectivity index (χ0) is 13.6. The van der Waals surface area contributed by atoms with Crippen LogP contribution in [0.5, 0.6) is 0 Å².